The number of rotatable bonds is 15. The van der Waals surface area contributed by atoms with E-state index < -0.39 is 0 Å². The van der Waals surface area contributed by atoms with E-state index in [9.17, 15) is 4.79 Å². The average Bonchev–Trinajstić information content (AvgIpc) is 2.79. The molecular weight excluding hydrogens is 452 g/mol. The third-order valence-electron chi connectivity index (χ3n) is 4.41. The van der Waals surface area contributed by atoms with Crippen LogP contribution >= 0.6 is 0 Å². The molecule has 0 spiro atoms. The molecule has 0 saturated heterocycles. The lowest BCUT2D eigenvalue weighted by molar-refractivity contribution is -0.129. The summed E-state index contributed by atoms with van der Waals surface area (Å²) in [6.07, 6.45) is 2.78. The van der Waals surface area contributed by atoms with Crippen LogP contribution < -0.4 is 39.3 Å². The maximum Gasteiger partial charge on any atom is 0.236 e. The van der Waals surface area contributed by atoms with Crippen molar-refractivity contribution in [2.24, 2.45) is 48.6 Å². The molecule has 35 heavy (non-hydrogen) atoms. The highest BCUT2D eigenvalue weighted by Gasteiger charge is 2.11. The predicted octanol–water partition coefficient (Wildman–Crippen LogP) is -2.15. The molecule has 15 heteroatoms. The van der Waals surface area contributed by atoms with Crippen LogP contribution in [-0.4, -0.2) is 92.4 Å². The van der Waals surface area contributed by atoms with Crippen molar-refractivity contribution in [3.8, 4) is 0 Å². The Morgan fingerprint density at radius 1 is 0.829 bits per heavy atom. The molecule has 0 aliphatic heterocycles. The van der Waals surface area contributed by atoms with Gasteiger partial charge in [-0.3, -0.25) is 35.4 Å². The summed E-state index contributed by atoms with van der Waals surface area (Å²) < 4.78 is 0. The summed E-state index contributed by atoms with van der Waals surface area (Å²) in [5.74, 6) is 0.421. The molecule has 0 atom stereocenters. The Labute approximate surface area is 206 Å². The maximum absolute atomic E-state index is 12.1. The van der Waals surface area contributed by atoms with Crippen LogP contribution in [0.4, 0.5) is 0 Å². The van der Waals surface area contributed by atoms with E-state index in [1.165, 1.54) is 7.05 Å². The molecular formula is C20H42N14O. The standard InChI is InChI=1S/C20H42N14O/c1-14(22)12-15(23)6-3-7-29-19(26)33-20(27)31-9-5-11-34(16(35)13-21)10-4-8-30-18(25)32-17(24)28-2/h22-23H,3-13,21H2,1-2H3,(H5,24,25,28,30,32)(H5,26,27,29,31,33). The number of carbonyl (C=O) groups excluding carboxylic acids is 1. The van der Waals surface area contributed by atoms with Gasteiger partial charge in [0.1, 0.15) is 0 Å². The van der Waals surface area contributed by atoms with E-state index in [0.717, 1.165) is 0 Å². The lowest BCUT2D eigenvalue weighted by atomic mass is 10.1. The molecule has 0 heterocycles. The van der Waals surface area contributed by atoms with Crippen molar-refractivity contribution >= 4 is 41.2 Å². The largest absolute Gasteiger partial charge is 0.370 e. The van der Waals surface area contributed by atoms with Crippen LogP contribution in [0.3, 0.4) is 0 Å². The number of hydrogen-bond donors (Lipinski definition) is 9. The monoisotopic (exact) mass is 494 g/mol. The zero-order valence-corrected chi connectivity index (χ0v) is 20.8. The Bertz CT molecular complexity index is 802. The topological polar surface area (TPSA) is 272 Å². The van der Waals surface area contributed by atoms with E-state index >= 15 is 0 Å². The highest BCUT2D eigenvalue weighted by Crippen LogP contribution is 1.98. The first kappa shape index (κ1) is 31.2. The third-order valence-corrected chi connectivity index (χ3v) is 4.41. The summed E-state index contributed by atoms with van der Waals surface area (Å²) in [6, 6.07) is 0. The molecule has 0 aromatic carbocycles. The van der Waals surface area contributed by atoms with Gasteiger partial charge < -0.3 is 44.4 Å². The van der Waals surface area contributed by atoms with Crippen molar-refractivity contribution in [3.63, 3.8) is 0 Å². The van der Waals surface area contributed by atoms with Crippen LogP contribution in [0.25, 0.3) is 0 Å². The van der Waals surface area contributed by atoms with Crippen LogP contribution in [-0.2, 0) is 4.79 Å². The lowest BCUT2D eigenvalue weighted by Gasteiger charge is -2.21. The van der Waals surface area contributed by atoms with Crippen LogP contribution in [0.2, 0.25) is 0 Å². The van der Waals surface area contributed by atoms with Gasteiger partial charge in [-0.25, -0.2) is 0 Å². The second-order valence-corrected chi connectivity index (χ2v) is 7.62. The van der Waals surface area contributed by atoms with Gasteiger partial charge in [0.25, 0.3) is 0 Å². The molecule has 0 bridgehead atoms. The molecule has 0 aliphatic rings. The Balaban J connectivity index is 4.37. The number of nitrogens with two attached hydrogens (primary N) is 5. The van der Waals surface area contributed by atoms with Crippen LogP contribution in [0.5, 0.6) is 0 Å². The summed E-state index contributed by atoms with van der Waals surface area (Å²) in [7, 11) is 1.53. The molecule has 0 unspecified atom stereocenters. The first-order chi connectivity index (χ1) is 16.6. The molecule has 198 valence electrons. The third kappa shape index (κ3) is 17.4. The number of guanidine groups is 4. The van der Waals surface area contributed by atoms with Crippen LogP contribution in [0, 0.1) is 10.8 Å². The zero-order chi connectivity index (χ0) is 26.6. The Morgan fingerprint density at radius 3 is 1.71 bits per heavy atom. The summed E-state index contributed by atoms with van der Waals surface area (Å²) in [6.45, 7) is 3.75. The molecule has 0 aliphatic carbocycles. The molecule has 0 rings (SSSR count). The molecule has 0 aromatic rings. The number of nitrogens with zero attached hydrogens (tertiary/aromatic N) is 5. The Morgan fingerprint density at radius 2 is 1.29 bits per heavy atom. The van der Waals surface area contributed by atoms with Crippen LogP contribution in [0.15, 0.2) is 20.0 Å². The number of amides is 1. The maximum atomic E-state index is 12.1. The Hall–Kier alpha value is -3.75. The van der Waals surface area contributed by atoms with Crippen molar-refractivity contribution in [2.75, 3.05) is 46.3 Å². The van der Waals surface area contributed by atoms with Crippen molar-refractivity contribution in [2.45, 2.75) is 39.0 Å². The number of carbonyl (C=O) groups is 1. The minimum atomic E-state index is -0.169. The van der Waals surface area contributed by atoms with Gasteiger partial charge in [-0.05, 0) is 32.6 Å². The second-order valence-electron chi connectivity index (χ2n) is 7.62. The zero-order valence-electron chi connectivity index (χ0n) is 20.8. The molecule has 0 radical (unpaired) electrons. The van der Waals surface area contributed by atoms with Gasteiger partial charge in [-0.2, -0.15) is 0 Å². The first-order valence-electron chi connectivity index (χ1n) is 11.3. The lowest BCUT2D eigenvalue weighted by Crippen LogP contribution is -2.42. The summed E-state index contributed by atoms with van der Waals surface area (Å²) in [4.78, 5) is 29.9. The van der Waals surface area contributed by atoms with Crippen molar-refractivity contribution < 1.29 is 4.79 Å². The fraction of sp³-hybridized carbons (Fsp3) is 0.650. The average molecular weight is 495 g/mol. The predicted molar refractivity (Wildman–Crippen MR) is 143 cm³/mol. The molecule has 15 nitrogen and oxygen atoms in total. The number of hydrogen-bond acceptors (Lipinski definition) is 8. The SMILES string of the molecule is CN=C(N)NC(N)=NCCCN(CCCN=C(N)NC(N)=NCCCC(=N)CC(C)=N)C(=O)CN. The normalized spacial score (nSPS) is 12.9. The van der Waals surface area contributed by atoms with E-state index in [-0.39, 0.29) is 36.3 Å². The summed E-state index contributed by atoms with van der Waals surface area (Å²) >= 11 is 0. The summed E-state index contributed by atoms with van der Waals surface area (Å²) in [5.41, 5.74) is 29.3. The van der Waals surface area contributed by atoms with Gasteiger partial charge in [0.2, 0.25) is 5.91 Å². The van der Waals surface area contributed by atoms with Gasteiger partial charge in [0.15, 0.2) is 23.8 Å². The van der Waals surface area contributed by atoms with Crippen LogP contribution in [0.1, 0.15) is 39.0 Å². The molecule has 1 amide bonds. The second kappa shape index (κ2) is 18.7. The fourth-order valence-corrected chi connectivity index (χ4v) is 2.75. The first-order valence-corrected chi connectivity index (χ1v) is 11.3. The van der Waals surface area contributed by atoms with Gasteiger partial charge in [0.05, 0.1) is 6.54 Å². The van der Waals surface area contributed by atoms with E-state index in [0.29, 0.717) is 76.3 Å². The smallest absolute Gasteiger partial charge is 0.236 e. The van der Waals surface area contributed by atoms with Gasteiger partial charge >= 0.3 is 0 Å². The van der Waals surface area contributed by atoms with E-state index in [2.05, 4.69) is 30.6 Å². The van der Waals surface area contributed by atoms with Gasteiger partial charge in [-0.15, -0.1) is 0 Å². The minimum Gasteiger partial charge on any atom is -0.370 e. The molecule has 0 aromatic heterocycles. The van der Waals surface area contributed by atoms with Gasteiger partial charge in [0, 0.05) is 57.6 Å². The van der Waals surface area contributed by atoms with E-state index in [1.807, 2.05) is 0 Å². The molecule has 14 N–H and O–H groups in total. The molecule has 0 fully saturated rings. The van der Waals surface area contributed by atoms with Crippen molar-refractivity contribution in [3.05, 3.63) is 0 Å². The summed E-state index contributed by atoms with van der Waals surface area (Å²) in [5, 5.41) is 20.5. The van der Waals surface area contributed by atoms with Gasteiger partial charge in [-0.1, -0.05) is 0 Å². The number of nitrogens with one attached hydrogen (secondary N) is 4. The Kier molecular flexibility index (Phi) is 16.7. The minimum absolute atomic E-state index is 0.0864. The highest BCUT2D eigenvalue weighted by molar-refractivity contribution is 6.00. The van der Waals surface area contributed by atoms with Crippen molar-refractivity contribution in [1.82, 2.24) is 15.5 Å². The molecule has 0 saturated carbocycles. The van der Waals surface area contributed by atoms with E-state index in [4.69, 9.17) is 39.5 Å². The van der Waals surface area contributed by atoms with Crippen molar-refractivity contribution in [1.29, 1.82) is 10.8 Å². The number of aliphatic imine (C=N–C) groups is 4. The highest BCUT2D eigenvalue weighted by atomic mass is 16.2. The fourth-order valence-electron chi connectivity index (χ4n) is 2.75. The quantitative estimate of drug-likeness (QED) is 0.0685. The van der Waals surface area contributed by atoms with E-state index in [1.54, 1.807) is 11.8 Å².